The van der Waals surface area contributed by atoms with Crippen molar-refractivity contribution in [3.05, 3.63) is 215 Å². The molecule has 0 radical (unpaired) electrons. The Morgan fingerprint density at radius 1 is 0.628 bits per heavy atom. The van der Waals surface area contributed by atoms with Crippen LogP contribution in [-0.2, 0) is 52.0 Å². The van der Waals surface area contributed by atoms with Crippen LogP contribution in [0.3, 0.4) is 0 Å². The van der Waals surface area contributed by atoms with Gasteiger partial charge in [-0.15, -0.1) is 5.10 Å². The lowest BCUT2D eigenvalue weighted by atomic mass is 9.90. The number of unbranched alkanes of at least 4 members (excludes halogenated alkanes) is 2. The number of nitrogens with zero attached hydrogens (tertiary/aromatic N) is 9. The molecule has 5 amide bonds. The fraction of sp³-hybridized carbons (Fsp3) is 0.368. The van der Waals surface area contributed by atoms with Crippen LogP contribution in [0.5, 0.6) is 0 Å². The lowest BCUT2D eigenvalue weighted by molar-refractivity contribution is -0.134. The lowest BCUT2D eigenvalue weighted by Crippen LogP contribution is -2.50. The maximum absolute atomic E-state index is 14.7. The van der Waals surface area contributed by atoms with Gasteiger partial charge in [-0.2, -0.15) is 4.31 Å². The molecule has 8 aromatic rings. The highest BCUT2D eigenvalue weighted by Crippen LogP contribution is 2.43. The van der Waals surface area contributed by atoms with Gasteiger partial charge in [-0.25, -0.2) is 26.1 Å². The minimum atomic E-state index is -4.41. The van der Waals surface area contributed by atoms with E-state index in [-0.39, 0.29) is 82.9 Å². The number of aliphatic hydroxyl groups is 1. The number of carbonyl (C=O) groups excluding carboxylic acids is 6. The van der Waals surface area contributed by atoms with Crippen molar-refractivity contribution >= 4 is 88.3 Å². The first-order chi connectivity index (χ1) is 54.3. The summed E-state index contributed by atoms with van der Waals surface area (Å²) in [7, 11) is -4.93. The highest BCUT2D eigenvalue weighted by molar-refractivity contribution is 7.92. The van der Waals surface area contributed by atoms with Crippen molar-refractivity contribution in [2.45, 2.75) is 133 Å². The largest absolute Gasteiger partial charge is 0.456 e. The second-order valence-electron chi connectivity index (χ2n) is 29.2. The maximum Gasteiger partial charge on any atom is 0.254 e. The number of hydrogen-bond acceptors (Lipinski definition) is 16. The molecule has 11 rings (SSSR count). The van der Waals surface area contributed by atoms with Crippen LogP contribution < -0.4 is 35.7 Å². The number of hydrogen-bond donors (Lipinski definition) is 4. The highest BCUT2D eigenvalue weighted by Gasteiger charge is 2.34. The molecule has 0 saturated carbocycles. The molecular formula is C87H103N12O12S2+. The van der Waals surface area contributed by atoms with Gasteiger partial charge in [0.1, 0.15) is 36.2 Å². The number of piperazine rings is 1. The summed E-state index contributed by atoms with van der Waals surface area (Å²) in [4.78, 5) is 89.7. The molecule has 1 aromatic heterocycles. The van der Waals surface area contributed by atoms with E-state index in [2.05, 4.69) is 99.8 Å². The Morgan fingerprint density at radius 3 is 2.03 bits per heavy atom. The minimum absolute atomic E-state index is 0.00126. The Kier molecular flexibility index (Phi) is 27.6. The summed E-state index contributed by atoms with van der Waals surface area (Å²) in [6.45, 7) is 18.2. The number of aromatic nitrogens is 3. The van der Waals surface area contributed by atoms with E-state index >= 15 is 0 Å². The number of nitrogens with one attached hydrogen (secondary N) is 3. The zero-order valence-electron chi connectivity index (χ0n) is 65.8. The number of anilines is 2. The van der Waals surface area contributed by atoms with Crippen molar-refractivity contribution < 1.29 is 55.1 Å². The third kappa shape index (κ3) is 19.8. The van der Waals surface area contributed by atoms with Crippen molar-refractivity contribution in [1.29, 1.82) is 0 Å². The molecule has 2 aliphatic heterocycles. The fourth-order valence-electron chi connectivity index (χ4n) is 14.6. The van der Waals surface area contributed by atoms with Gasteiger partial charge < -0.3 is 45.1 Å². The van der Waals surface area contributed by atoms with Gasteiger partial charge >= 0.3 is 0 Å². The van der Waals surface area contributed by atoms with Crippen molar-refractivity contribution in [2.75, 3.05) is 95.9 Å². The monoisotopic (exact) mass is 1570 g/mol. The standard InChI is InChI=1S/C87H102N12O12S2/c1-10-94(11-2)65-40-42-73-78(52-65)111-79-53-66(95(12-3)13-4)41-43-74(79)84(73)71-29-19-20-30-72(71)87(106)97-49-47-96(48-50-97)83(103)45-44-81(101)88-46-21-15-18-35-82(102)90-75(51-61-36-38-63(39-37-61)85(104)62-25-16-14-17-26-62)86(105)89-55-64-57-99(92-91-64)60(7)77(100)58-98(56-59(5)6)113(109,110)68-28-22-27-67(54-68)112(107,108)80-34-24-31-69-70(80)32-23-33-76(69)93(8)9/h14,16-17,19-20,22-34,36-43,52-54,57,59-60,75,77,100H,10-13,15,18,21,35,44-51,55-56,58H2,1-9H3,(H2-,88,89,90,101,102,105)/p+1/t60-,75-,77?/m0/s1. The summed E-state index contributed by atoms with van der Waals surface area (Å²) in [6.07, 6.45) is 1.83. The van der Waals surface area contributed by atoms with E-state index in [0.717, 1.165) is 86.7 Å². The summed E-state index contributed by atoms with van der Waals surface area (Å²) < 4.78 is 69.4. The number of carbonyl (C=O) groups is 6. The van der Waals surface area contributed by atoms with E-state index in [1.807, 2.05) is 75.3 Å². The first-order valence-electron chi connectivity index (χ1n) is 39.0. The number of benzene rings is 8. The number of aliphatic hydroxyl groups excluding tert-OH is 1. The molecule has 113 heavy (non-hydrogen) atoms. The zero-order valence-corrected chi connectivity index (χ0v) is 67.5. The van der Waals surface area contributed by atoms with Crippen LogP contribution in [0, 0.1) is 5.92 Å². The molecule has 24 nitrogen and oxygen atoms in total. The smallest absolute Gasteiger partial charge is 0.254 e. The molecule has 26 heteroatoms. The van der Waals surface area contributed by atoms with Crippen LogP contribution in [-0.4, -0.2) is 185 Å². The van der Waals surface area contributed by atoms with Crippen LogP contribution in [0.25, 0.3) is 44.2 Å². The molecule has 1 aliphatic carbocycles. The maximum atomic E-state index is 14.7. The SMILES string of the molecule is CCN(CC)c1ccc2c(-c3ccccc3C(=O)N3CCN(C(=O)CCC(=O)NCCCCCC(=O)N[C@@H](Cc4ccc(C(=O)c5ccccc5)cc4)C(=O)NCc4cn([C@@H](C)C(O)CN(CC(C)C)S(=O)(=O)c5cccc(S(=O)(=O)c6cccc7c(N(C)C)cccc67)c5)nn4)CC3)c3ccc(=[N+](CC)CC)cc-3oc2c1. The summed E-state index contributed by atoms with van der Waals surface area (Å²) in [5.41, 5.74) is 7.65. The number of rotatable bonds is 35. The van der Waals surface area contributed by atoms with E-state index in [4.69, 9.17) is 4.42 Å². The van der Waals surface area contributed by atoms with E-state index < -0.39 is 56.4 Å². The second kappa shape index (κ2) is 37.6. The number of sulfone groups is 1. The summed E-state index contributed by atoms with van der Waals surface area (Å²) in [5, 5.41) is 32.0. The van der Waals surface area contributed by atoms with Gasteiger partial charge in [0.15, 0.2) is 5.78 Å². The Labute approximate surface area is 661 Å². The van der Waals surface area contributed by atoms with Gasteiger partial charge in [0.25, 0.3) is 5.91 Å². The van der Waals surface area contributed by atoms with Crippen LogP contribution in [0.2, 0.25) is 0 Å². The topological polar surface area (TPSA) is 290 Å². The average molecular weight is 1570 g/mol. The Hall–Kier alpha value is -10.9. The number of sulfonamides is 1. The van der Waals surface area contributed by atoms with Gasteiger partial charge in [-0.05, 0) is 119 Å². The number of ketones is 1. The van der Waals surface area contributed by atoms with Crippen molar-refractivity contribution in [2.24, 2.45) is 5.92 Å². The van der Waals surface area contributed by atoms with Crippen molar-refractivity contribution in [3.8, 4) is 22.5 Å². The quantitative estimate of drug-likeness (QED) is 0.0124. The molecular weight excluding hydrogens is 1470 g/mol. The van der Waals surface area contributed by atoms with Crippen LogP contribution >= 0.6 is 0 Å². The summed E-state index contributed by atoms with van der Waals surface area (Å²) in [5.74, 6) is -1.18. The average Bonchev–Trinajstić information content (AvgIpc) is 1.13. The zero-order chi connectivity index (χ0) is 80.7. The summed E-state index contributed by atoms with van der Waals surface area (Å²) >= 11 is 0. The van der Waals surface area contributed by atoms with E-state index in [1.54, 1.807) is 83.5 Å². The molecule has 0 bridgehead atoms. The Bertz CT molecular complexity index is 5340. The summed E-state index contributed by atoms with van der Waals surface area (Å²) in [6, 6.07) is 49.6. The Balaban J connectivity index is 0.659. The molecule has 1 unspecified atom stereocenters. The molecule has 3 atom stereocenters. The van der Waals surface area contributed by atoms with Gasteiger partial charge in [0.05, 0.1) is 45.6 Å². The van der Waals surface area contributed by atoms with Gasteiger partial charge in [-0.1, -0.05) is 129 Å². The van der Waals surface area contributed by atoms with Crippen molar-refractivity contribution in [1.82, 2.24) is 49.6 Å². The molecule has 3 heterocycles. The first kappa shape index (κ1) is 83.0. The highest BCUT2D eigenvalue weighted by atomic mass is 32.2. The molecule has 594 valence electrons. The molecule has 1 fully saturated rings. The second-order valence-corrected chi connectivity index (χ2v) is 33.1. The van der Waals surface area contributed by atoms with Gasteiger partial charge in [-0.3, -0.25) is 28.8 Å². The third-order valence-electron chi connectivity index (χ3n) is 20.9. The van der Waals surface area contributed by atoms with Gasteiger partial charge in [0.2, 0.25) is 48.8 Å². The molecule has 3 aliphatic rings. The Morgan fingerprint density at radius 2 is 1.31 bits per heavy atom. The van der Waals surface area contributed by atoms with E-state index in [0.29, 0.717) is 90.7 Å². The fourth-order valence-corrected chi connectivity index (χ4v) is 17.8. The number of fused-ring (bicyclic) bond motifs is 3. The van der Waals surface area contributed by atoms with E-state index in [1.165, 1.54) is 35.1 Å². The van der Waals surface area contributed by atoms with Crippen LogP contribution in [0.15, 0.2) is 201 Å². The predicted octanol–water partition coefficient (Wildman–Crippen LogP) is 10.8. The third-order valence-corrected chi connectivity index (χ3v) is 24.6. The lowest BCUT2D eigenvalue weighted by Gasteiger charge is -2.35. The minimum Gasteiger partial charge on any atom is -0.456 e. The predicted molar refractivity (Wildman–Crippen MR) is 440 cm³/mol. The molecule has 7 aromatic carbocycles. The molecule has 0 spiro atoms. The van der Waals surface area contributed by atoms with Crippen molar-refractivity contribution in [3.63, 3.8) is 0 Å². The van der Waals surface area contributed by atoms with Crippen LogP contribution in [0.1, 0.15) is 131 Å². The molecule has 4 N–H and O–H groups in total. The normalized spacial score (nSPS) is 13.5. The molecule has 1 saturated heterocycles. The van der Waals surface area contributed by atoms with E-state index in [9.17, 15) is 50.7 Å². The first-order valence-corrected chi connectivity index (χ1v) is 41.9. The number of amides is 5. The van der Waals surface area contributed by atoms with Crippen LogP contribution in [0.4, 0.5) is 11.4 Å². The van der Waals surface area contributed by atoms with Gasteiger partial charge in [0, 0.05) is 166 Å².